The van der Waals surface area contributed by atoms with Crippen LogP contribution in [0.3, 0.4) is 0 Å². The molecular weight excluding hydrogens is 521 g/mol. The van der Waals surface area contributed by atoms with E-state index in [2.05, 4.69) is 5.32 Å². The highest BCUT2D eigenvalue weighted by Gasteiger charge is 2.40. The molecule has 40 heavy (non-hydrogen) atoms. The minimum Gasteiger partial charge on any atom is -0.398 e. The number of amides is 3. The highest BCUT2D eigenvalue weighted by molar-refractivity contribution is 6.05. The summed E-state index contributed by atoms with van der Waals surface area (Å²) >= 11 is 0. The molecule has 1 heterocycles. The predicted molar refractivity (Wildman–Crippen MR) is 145 cm³/mol. The number of anilines is 1. The number of halogens is 3. The van der Waals surface area contributed by atoms with Crippen molar-refractivity contribution in [2.24, 2.45) is 0 Å². The van der Waals surface area contributed by atoms with Crippen LogP contribution in [-0.4, -0.2) is 54.5 Å². The van der Waals surface area contributed by atoms with E-state index in [-0.39, 0.29) is 29.1 Å². The van der Waals surface area contributed by atoms with Gasteiger partial charge in [-0.25, -0.2) is 0 Å². The lowest BCUT2D eigenvalue weighted by Crippen LogP contribution is -2.38. The molecule has 1 saturated heterocycles. The molecule has 0 bridgehead atoms. The molecule has 3 aromatic rings. The molecule has 1 aliphatic heterocycles. The fraction of sp³-hybridized carbons (Fsp3) is 0.300. The SMILES string of the molecule is CCc1c(N)c(C(=O)N2CCC(NC(=O)c3ccccc3)C2)cc2c1C(C(=O)NCC(F)(F)F)c1ccccc1-2. The van der Waals surface area contributed by atoms with Crippen LogP contribution < -0.4 is 16.4 Å². The number of benzene rings is 3. The molecule has 0 saturated carbocycles. The molecule has 2 atom stereocenters. The standard InChI is InChI=1S/C30H29F3N4O3/c1-2-19-24-22(20-10-6-7-11-21(20)25(24)28(39)35-16-30(31,32)33)14-23(26(19)34)29(40)37-13-12-18(15-37)36-27(38)17-8-4-3-5-9-17/h3-11,14,18,25H,2,12-13,15-16,34H2,1H3,(H,35,39)(H,36,38). The summed E-state index contributed by atoms with van der Waals surface area (Å²) in [7, 11) is 0. The van der Waals surface area contributed by atoms with E-state index in [1.807, 2.05) is 18.3 Å². The maximum Gasteiger partial charge on any atom is 0.405 e. The van der Waals surface area contributed by atoms with Crippen molar-refractivity contribution in [3.63, 3.8) is 0 Å². The van der Waals surface area contributed by atoms with Gasteiger partial charge in [0, 0.05) is 30.4 Å². The quantitative estimate of drug-likeness (QED) is 0.399. The number of nitrogen functional groups attached to an aromatic ring is 1. The van der Waals surface area contributed by atoms with Gasteiger partial charge >= 0.3 is 6.18 Å². The van der Waals surface area contributed by atoms with E-state index >= 15 is 0 Å². The number of nitrogens with zero attached hydrogens (tertiary/aromatic N) is 1. The summed E-state index contributed by atoms with van der Waals surface area (Å²) in [5, 5.41) is 4.99. The van der Waals surface area contributed by atoms with E-state index in [4.69, 9.17) is 5.73 Å². The smallest absolute Gasteiger partial charge is 0.398 e. The van der Waals surface area contributed by atoms with Crippen molar-refractivity contribution < 1.29 is 27.6 Å². The Morgan fingerprint density at radius 2 is 1.73 bits per heavy atom. The molecular formula is C30H29F3N4O3. The number of carbonyl (C=O) groups is 3. The summed E-state index contributed by atoms with van der Waals surface area (Å²) in [6, 6.07) is 17.3. The van der Waals surface area contributed by atoms with E-state index in [0.717, 1.165) is 0 Å². The Labute approximate surface area is 229 Å². The van der Waals surface area contributed by atoms with Crippen molar-refractivity contribution in [1.29, 1.82) is 0 Å². The van der Waals surface area contributed by atoms with E-state index in [0.29, 0.717) is 59.3 Å². The third-order valence-corrected chi connectivity index (χ3v) is 7.53. The second kappa shape index (κ2) is 10.7. The van der Waals surface area contributed by atoms with Crippen LogP contribution in [0.25, 0.3) is 11.1 Å². The number of alkyl halides is 3. The van der Waals surface area contributed by atoms with Gasteiger partial charge in [-0.2, -0.15) is 13.2 Å². The number of hydrogen-bond donors (Lipinski definition) is 3. The lowest BCUT2D eigenvalue weighted by atomic mass is 9.88. The number of likely N-dealkylation sites (tertiary alicyclic amines) is 1. The molecule has 1 aliphatic carbocycles. The molecule has 10 heteroatoms. The Hall–Kier alpha value is -4.34. The first-order valence-corrected chi connectivity index (χ1v) is 13.1. The summed E-state index contributed by atoms with van der Waals surface area (Å²) in [5.41, 5.74) is 10.5. The van der Waals surface area contributed by atoms with Gasteiger partial charge in [-0.15, -0.1) is 0 Å². The number of nitrogens with two attached hydrogens (primary N) is 1. The predicted octanol–water partition coefficient (Wildman–Crippen LogP) is 4.27. The summed E-state index contributed by atoms with van der Waals surface area (Å²) in [6.45, 7) is 1.13. The van der Waals surface area contributed by atoms with Crippen LogP contribution in [-0.2, 0) is 11.2 Å². The molecule has 1 fully saturated rings. The zero-order valence-corrected chi connectivity index (χ0v) is 21.8. The first-order chi connectivity index (χ1) is 19.1. The maximum absolute atomic E-state index is 13.7. The number of nitrogens with one attached hydrogen (secondary N) is 2. The van der Waals surface area contributed by atoms with Gasteiger partial charge in [-0.05, 0) is 58.9 Å². The summed E-state index contributed by atoms with van der Waals surface area (Å²) in [5.74, 6) is -2.25. The fourth-order valence-electron chi connectivity index (χ4n) is 5.68. The summed E-state index contributed by atoms with van der Waals surface area (Å²) < 4.78 is 38.6. The average molecular weight is 551 g/mol. The van der Waals surface area contributed by atoms with Gasteiger partial charge < -0.3 is 21.3 Å². The van der Waals surface area contributed by atoms with Crippen LogP contribution in [0.2, 0.25) is 0 Å². The van der Waals surface area contributed by atoms with Crippen LogP contribution in [0.15, 0.2) is 60.7 Å². The largest absolute Gasteiger partial charge is 0.405 e. The second-order valence-electron chi connectivity index (χ2n) is 10.1. The van der Waals surface area contributed by atoms with Crippen molar-refractivity contribution in [3.8, 4) is 11.1 Å². The molecule has 5 rings (SSSR count). The van der Waals surface area contributed by atoms with Crippen molar-refractivity contribution in [3.05, 3.63) is 88.5 Å². The molecule has 3 amide bonds. The minimum absolute atomic E-state index is 0.211. The number of hydrogen-bond acceptors (Lipinski definition) is 4. The number of carbonyl (C=O) groups excluding carboxylic acids is 3. The van der Waals surface area contributed by atoms with Gasteiger partial charge in [-0.1, -0.05) is 49.4 Å². The highest BCUT2D eigenvalue weighted by Crippen LogP contribution is 2.49. The zero-order valence-electron chi connectivity index (χ0n) is 21.8. The fourth-order valence-corrected chi connectivity index (χ4v) is 5.68. The van der Waals surface area contributed by atoms with Crippen LogP contribution in [0, 0.1) is 0 Å². The van der Waals surface area contributed by atoms with Crippen LogP contribution in [0.4, 0.5) is 18.9 Å². The van der Waals surface area contributed by atoms with Crippen molar-refractivity contribution in [1.82, 2.24) is 15.5 Å². The Balaban J connectivity index is 1.44. The van der Waals surface area contributed by atoms with Gasteiger partial charge in [-0.3, -0.25) is 14.4 Å². The second-order valence-corrected chi connectivity index (χ2v) is 10.1. The third-order valence-electron chi connectivity index (χ3n) is 7.53. The molecule has 3 aromatic carbocycles. The molecule has 0 radical (unpaired) electrons. The maximum atomic E-state index is 13.7. The van der Waals surface area contributed by atoms with Crippen molar-refractivity contribution in [2.45, 2.75) is 37.9 Å². The van der Waals surface area contributed by atoms with Crippen molar-refractivity contribution >= 4 is 23.4 Å². The first-order valence-electron chi connectivity index (χ1n) is 13.1. The Morgan fingerprint density at radius 1 is 1.02 bits per heavy atom. The summed E-state index contributed by atoms with van der Waals surface area (Å²) in [4.78, 5) is 41.0. The van der Waals surface area contributed by atoms with Gasteiger partial charge in [0.25, 0.3) is 11.8 Å². The molecule has 208 valence electrons. The first kappa shape index (κ1) is 27.2. The Kier molecular flexibility index (Phi) is 7.27. The van der Waals surface area contributed by atoms with Gasteiger partial charge in [0.2, 0.25) is 5.91 Å². The molecule has 0 spiro atoms. The molecule has 2 aliphatic rings. The van der Waals surface area contributed by atoms with Gasteiger partial charge in [0.15, 0.2) is 0 Å². The van der Waals surface area contributed by atoms with E-state index in [1.165, 1.54) is 0 Å². The average Bonchev–Trinajstić information content (AvgIpc) is 3.53. The molecule has 2 unspecified atom stereocenters. The van der Waals surface area contributed by atoms with Gasteiger partial charge in [0.05, 0.1) is 11.5 Å². The van der Waals surface area contributed by atoms with Crippen LogP contribution >= 0.6 is 0 Å². The number of fused-ring (bicyclic) bond motifs is 3. The molecule has 4 N–H and O–H groups in total. The van der Waals surface area contributed by atoms with Crippen LogP contribution in [0.1, 0.15) is 56.7 Å². The highest BCUT2D eigenvalue weighted by atomic mass is 19.4. The third kappa shape index (κ3) is 5.13. The zero-order chi connectivity index (χ0) is 28.6. The Bertz CT molecular complexity index is 1470. The lowest BCUT2D eigenvalue weighted by Gasteiger charge is -2.23. The monoisotopic (exact) mass is 550 g/mol. The molecule has 0 aromatic heterocycles. The van der Waals surface area contributed by atoms with E-state index < -0.39 is 24.5 Å². The van der Waals surface area contributed by atoms with Crippen molar-refractivity contribution in [2.75, 3.05) is 25.4 Å². The lowest BCUT2D eigenvalue weighted by molar-refractivity contribution is -0.138. The number of rotatable bonds is 6. The van der Waals surface area contributed by atoms with Gasteiger partial charge in [0.1, 0.15) is 6.54 Å². The topological polar surface area (TPSA) is 105 Å². The van der Waals surface area contributed by atoms with Crippen LogP contribution in [0.5, 0.6) is 0 Å². The van der Waals surface area contributed by atoms with E-state index in [9.17, 15) is 27.6 Å². The summed E-state index contributed by atoms with van der Waals surface area (Å²) in [6.07, 6.45) is -3.59. The Morgan fingerprint density at radius 3 is 2.42 bits per heavy atom. The normalized spacial score (nSPS) is 17.8. The minimum atomic E-state index is -4.55. The van der Waals surface area contributed by atoms with E-state index in [1.54, 1.807) is 59.5 Å². The molecule has 7 nitrogen and oxygen atoms in total.